The van der Waals surface area contributed by atoms with Crippen molar-refractivity contribution in [2.75, 3.05) is 0 Å². The third-order valence-electron chi connectivity index (χ3n) is 3.45. The predicted molar refractivity (Wildman–Crippen MR) is 72.5 cm³/mol. The molecule has 2 heterocycles. The SMILES string of the molecule is CC(C)c1cnn(CCC(C)c2cn(C)nc2F)c1. The smallest absolute Gasteiger partial charge is 0.236 e. The second kappa shape index (κ2) is 5.55. The highest BCUT2D eigenvalue weighted by Crippen LogP contribution is 2.22. The van der Waals surface area contributed by atoms with Gasteiger partial charge in [-0.15, -0.1) is 5.10 Å². The van der Waals surface area contributed by atoms with E-state index in [9.17, 15) is 4.39 Å². The van der Waals surface area contributed by atoms with Crippen molar-refractivity contribution < 1.29 is 4.39 Å². The van der Waals surface area contributed by atoms with E-state index in [0.717, 1.165) is 13.0 Å². The topological polar surface area (TPSA) is 35.6 Å². The van der Waals surface area contributed by atoms with E-state index < -0.39 is 0 Å². The van der Waals surface area contributed by atoms with Crippen molar-refractivity contribution in [1.29, 1.82) is 0 Å². The van der Waals surface area contributed by atoms with Crippen molar-refractivity contribution in [3.8, 4) is 0 Å². The lowest BCUT2D eigenvalue weighted by Gasteiger charge is -2.09. The lowest BCUT2D eigenvalue weighted by atomic mass is 10.0. The van der Waals surface area contributed by atoms with E-state index >= 15 is 0 Å². The molecule has 1 atom stereocenters. The summed E-state index contributed by atoms with van der Waals surface area (Å²) in [6.07, 6.45) is 6.57. The van der Waals surface area contributed by atoms with Gasteiger partial charge in [0.1, 0.15) is 0 Å². The fourth-order valence-corrected chi connectivity index (χ4v) is 2.09. The van der Waals surface area contributed by atoms with Gasteiger partial charge in [-0.25, -0.2) is 0 Å². The maximum atomic E-state index is 13.5. The van der Waals surface area contributed by atoms with Crippen LogP contribution >= 0.6 is 0 Å². The lowest BCUT2D eigenvalue weighted by molar-refractivity contribution is 0.501. The fraction of sp³-hybridized carbons (Fsp3) is 0.571. The highest BCUT2D eigenvalue weighted by atomic mass is 19.1. The number of nitrogens with zero attached hydrogens (tertiary/aromatic N) is 4. The van der Waals surface area contributed by atoms with Gasteiger partial charge >= 0.3 is 0 Å². The molecule has 0 amide bonds. The van der Waals surface area contributed by atoms with Crippen LogP contribution in [0.1, 0.15) is 50.2 Å². The molecule has 2 aromatic heterocycles. The van der Waals surface area contributed by atoms with Gasteiger partial charge in [-0.2, -0.15) is 9.49 Å². The number of aromatic nitrogens is 4. The molecular formula is C14H21FN4. The Morgan fingerprint density at radius 2 is 2.00 bits per heavy atom. The summed E-state index contributed by atoms with van der Waals surface area (Å²) in [5.74, 6) is 0.265. The van der Waals surface area contributed by atoms with Gasteiger partial charge < -0.3 is 0 Å². The zero-order chi connectivity index (χ0) is 14.0. The number of aryl methyl sites for hydroxylation is 2. The summed E-state index contributed by atoms with van der Waals surface area (Å²) in [4.78, 5) is 0. The standard InChI is InChI=1S/C14H21FN4/c1-10(2)12-7-16-19(8-12)6-5-11(3)13-9-18(4)17-14(13)15/h7-11H,5-6H2,1-4H3. The zero-order valence-electron chi connectivity index (χ0n) is 12.0. The van der Waals surface area contributed by atoms with Gasteiger partial charge in [0.05, 0.1) is 6.20 Å². The molecule has 0 saturated heterocycles. The van der Waals surface area contributed by atoms with Gasteiger partial charge in [-0.1, -0.05) is 20.8 Å². The van der Waals surface area contributed by atoms with E-state index in [1.165, 1.54) is 10.2 Å². The molecule has 0 saturated carbocycles. The molecule has 0 aliphatic heterocycles. The summed E-state index contributed by atoms with van der Waals surface area (Å²) in [5, 5.41) is 8.07. The van der Waals surface area contributed by atoms with Crippen molar-refractivity contribution in [2.45, 2.75) is 45.6 Å². The van der Waals surface area contributed by atoms with Crippen LogP contribution in [0.2, 0.25) is 0 Å². The van der Waals surface area contributed by atoms with Gasteiger partial charge in [0.15, 0.2) is 0 Å². The zero-order valence-corrected chi connectivity index (χ0v) is 12.0. The van der Waals surface area contributed by atoms with Crippen molar-refractivity contribution in [2.24, 2.45) is 7.05 Å². The highest BCUT2D eigenvalue weighted by Gasteiger charge is 2.14. The second-order valence-corrected chi connectivity index (χ2v) is 5.43. The van der Waals surface area contributed by atoms with Crippen LogP contribution in [0.5, 0.6) is 0 Å². The molecule has 2 aromatic rings. The first-order valence-electron chi connectivity index (χ1n) is 6.68. The minimum Gasteiger partial charge on any atom is -0.273 e. The molecule has 5 heteroatoms. The fourth-order valence-electron chi connectivity index (χ4n) is 2.09. The molecule has 0 N–H and O–H groups in total. The van der Waals surface area contributed by atoms with Gasteiger partial charge in [0, 0.05) is 31.5 Å². The van der Waals surface area contributed by atoms with Crippen molar-refractivity contribution in [3.05, 3.63) is 35.7 Å². The molecule has 0 aliphatic rings. The molecular weight excluding hydrogens is 243 g/mol. The van der Waals surface area contributed by atoms with Gasteiger partial charge in [0.2, 0.25) is 5.95 Å². The Labute approximate surface area is 113 Å². The summed E-state index contributed by atoms with van der Waals surface area (Å²) in [6.45, 7) is 7.11. The Morgan fingerprint density at radius 3 is 2.53 bits per heavy atom. The molecule has 104 valence electrons. The Morgan fingerprint density at radius 1 is 1.26 bits per heavy atom. The van der Waals surface area contributed by atoms with Crippen LogP contribution in [-0.4, -0.2) is 19.6 Å². The normalized spacial score (nSPS) is 13.2. The van der Waals surface area contributed by atoms with Crippen LogP contribution in [-0.2, 0) is 13.6 Å². The van der Waals surface area contributed by atoms with Gasteiger partial charge in [-0.05, 0) is 23.8 Å². The third kappa shape index (κ3) is 3.22. The summed E-state index contributed by atoms with van der Waals surface area (Å²) < 4.78 is 17.0. The summed E-state index contributed by atoms with van der Waals surface area (Å²) >= 11 is 0. The number of hydrogen-bond acceptors (Lipinski definition) is 2. The van der Waals surface area contributed by atoms with Crippen LogP contribution < -0.4 is 0 Å². The largest absolute Gasteiger partial charge is 0.273 e. The van der Waals surface area contributed by atoms with E-state index in [0.29, 0.717) is 11.5 Å². The molecule has 0 bridgehead atoms. The molecule has 2 rings (SSSR count). The predicted octanol–water partition coefficient (Wildman–Crippen LogP) is 3.07. The number of halogens is 1. The van der Waals surface area contributed by atoms with Crippen LogP contribution in [0.3, 0.4) is 0 Å². The molecule has 19 heavy (non-hydrogen) atoms. The molecule has 0 aliphatic carbocycles. The van der Waals surface area contributed by atoms with Crippen LogP contribution in [0.4, 0.5) is 4.39 Å². The highest BCUT2D eigenvalue weighted by molar-refractivity contribution is 5.12. The van der Waals surface area contributed by atoms with Crippen LogP contribution in [0.15, 0.2) is 18.6 Å². The Hall–Kier alpha value is -1.65. The molecule has 0 fully saturated rings. The van der Waals surface area contributed by atoms with Gasteiger partial charge in [0.25, 0.3) is 0 Å². The second-order valence-electron chi connectivity index (χ2n) is 5.43. The van der Waals surface area contributed by atoms with E-state index in [1.807, 2.05) is 17.8 Å². The average Bonchev–Trinajstić information content (AvgIpc) is 2.93. The summed E-state index contributed by atoms with van der Waals surface area (Å²) in [5.41, 5.74) is 1.92. The van der Waals surface area contributed by atoms with E-state index in [-0.39, 0.29) is 11.9 Å². The number of hydrogen-bond donors (Lipinski definition) is 0. The first-order chi connectivity index (χ1) is 8.97. The molecule has 0 spiro atoms. The lowest BCUT2D eigenvalue weighted by Crippen LogP contribution is -2.04. The molecule has 4 nitrogen and oxygen atoms in total. The summed E-state index contributed by atoms with van der Waals surface area (Å²) in [7, 11) is 1.74. The molecule has 0 aromatic carbocycles. The van der Waals surface area contributed by atoms with E-state index in [2.05, 4.69) is 30.2 Å². The van der Waals surface area contributed by atoms with E-state index in [4.69, 9.17) is 0 Å². The quantitative estimate of drug-likeness (QED) is 0.832. The first-order valence-corrected chi connectivity index (χ1v) is 6.68. The minimum absolute atomic E-state index is 0.139. The Balaban J connectivity index is 1.96. The van der Waals surface area contributed by atoms with Crippen LogP contribution in [0, 0.1) is 5.95 Å². The Kier molecular flexibility index (Phi) is 4.02. The van der Waals surface area contributed by atoms with Gasteiger partial charge in [-0.3, -0.25) is 9.36 Å². The number of rotatable bonds is 5. The van der Waals surface area contributed by atoms with Crippen LogP contribution in [0.25, 0.3) is 0 Å². The maximum absolute atomic E-state index is 13.5. The van der Waals surface area contributed by atoms with Crippen molar-refractivity contribution in [3.63, 3.8) is 0 Å². The Bertz CT molecular complexity index is 541. The molecule has 0 radical (unpaired) electrons. The van der Waals surface area contributed by atoms with E-state index in [1.54, 1.807) is 13.2 Å². The average molecular weight is 264 g/mol. The minimum atomic E-state index is -0.363. The van der Waals surface area contributed by atoms with Crippen molar-refractivity contribution in [1.82, 2.24) is 19.6 Å². The maximum Gasteiger partial charge on any atom is 0.236 e. The third-order valence-corrected chi connectivity index (χ3v) is 3.45. The molecule has 1 unspecified atom stereocenters. The summed E-state index contributed by atoms with van der Waals surface area (Å²) in [6, 6.07) is 0. The van der Waals surface area contributed by atoms with Crippen molar-refractivity contribution >= 4 is 0 Å². The first kappa shape index (κ1) is 13.8. The monoisotopic (exact) mass is 264 g/mol.